The van der Waals surface area contributed by atoms with Crippen LogP contribution in [0.2, 0.25) is 0 Å². The van der Waals surface area contributed by atoms with Gasteiger partial charge in [-0.25, -0.2) is 0 Å². The van der Waals surface area contributed by atoms with Crippen molar-refractivity contribution in [2.75, 3.05) is 19.8 Å². The van der Waals surface area contributed by atoms with Crippen molar-refractivity contribution in [2.45, 2.75) is 12.8 Å². The van der Waals surface area contributed by atoms with Crippen molar-refractivity contribution >= 4 is 11.8 Å². The van der Waals surface area contributed by atoms with E-state index in [1.165, 1.54) is 0 Å². The van der Waals surface area contributed by atoms with Crippen LogP contribution in [0.15, 0.2) is 0 Å². The molecule has 0 atom stereocenters. The van der Waals surface area contributed by atoms with Crippen LogP contribution in [0.1, 0.15) is 12.8 Å². The average molecular weight is 211 g/mol. The summed E-state index contributed by atoms with van der Waals surface area (Å²) in [6.07, 6.45) is 1.24. The minimum Gasteiger partial charge on any atom is -0.370 e. The number of carbonyl (C=O) groups is 2. The first kappa shape index (κ1) is 11.5. The molecule has 0 spiro atoms. The van der Waals surface area contributed by atoms with Crippen molar-refractivity contribution < 1.29 is 14.3 Å². The molecule has 0 bridgehead atoms. The van der Waals surface area contributed by atoms with E-state index in [0.29, 0.717) is 12.8 Å². The number of nitriles is 1. The molecule has 6 heteroatoms. The highest BCUT2D eigenvalue weighted by atomic mass is 16.5. The Morgan fingerprint density at radius 3 is 2.67 bits per heavy atom. The summed E-state index contributed by atoms with van der Waals surface area (Å²) in [5, 5.41) is 11.3. The van der Waals surface area contributed by atoms with Gasteiger partial charge >= 0.3 is 0 Å². The fourth-order valence-electron chi connectivity index (χ4n) is 1.09. The Morgan fingerprint density at radius 2 is 2.20 bits per heavy atom. The Kier molecular flexibility index (Phi) is 3.63. The zero-order chi connectivity index (χ0) is 11.3. The summed E-state index contributed by atoms with van der Waals surface area (Å²) in [5.41, 5.74) is 4.04. The van der Waals surface area contributed by atoms with Gasteiger partial charge in [0.2, 0.25) is 11.8 Å². The monoisotopic (exact) mass is 211 g/mol. The molecule has 0 aromatic heterocycles. The number of nitrogens with zero attached hydrogens (tertiary/aromatic N) is 1. The first-order valence-corrected chi connectivity index (χ1v) is 4.66. The average Bonchev–Trinajstić information content (AvgIpc) is 2.97. The molecule has 1 fully saturated rings. The number of amides is 2. The quantitative estimate of drug-likeness (QED) is 0.544. The molecule has 15 heavy (non-hydrogen) atoms. The fourth-order valence-corrected chi connectivity index (χ4v) is 1.09. The van der Waals surface area contributed by atoms with Crippen molar-refractivity contribution in [3.8, 4) is 6.07 Å². The number of carbonyl (C=O) groups excluding carboxylic acids is 2. The molecule has 1 rings (SSSR count). The second kappa shape index (κ2) is 4.75. The SMILES string of the molecule is N#CC1(C(=O)NCCOCC(N)=O)CC1. The summed E-state index contributed by atoms with van der Waals surface area (Å²) in [6.45, 7) is 0.352. The van der Waals surface area contributed by atoms with Gasteiger partial charge in [-0.05, 0) is 12.8 Å². The van der Waals surface area contributed by atoms with E-state index in [9.17, 15) is 9.59 Å². The smallest absolute Gasteiger partial charge is 0.243 e. The van der Waals surface area contributed by atoms with Gasteiger partial charge in [-0.1, -0.05) is 0 Å². The number of nitrogens with one attached hydrogen (secondary N) is 1. The van der Waals surface area contributed by atoms with Gasteiger partial charge in [0.15, 0.2) is 0 Å². The summed E-state index contributed by atoms with van der Waals surface area (Å²) in [4.78, 5) is 21.7. The van der Waals surface area contributed by atoms with E-state index in [1.807, 2.05) is 6.07 Å². The van der Waals surface area contributed by atoms with Crippen LogP contribution in [0.4, 0.5) is 0 Å². The molecule has 3 N–H and O–H groups in total. The maximum Gasteiger partial charge on any atom is 0.243 e. The van der Waals surface area contributed by atoms with E-state index < -0.39 is 11.3 Å². The van der Waals surface area contributed by atoms with Crippen molar-refractivity contribution in [3.05, 3.63) is 0 Å². The summed E-state index contributed by atoms with van der Waals surface area (Å²) in [7, 11) is 0. The van der Waals surface area contributed by atoms with Crippen molar-refractivity contribution in [1.82, 2.24) is 5.32 Å². The predicted molar refractivity (Wildman–Crippen MR) is 50.3 cm³/mol. The largest absolute Gasteiger partial charge is 0.370 e. The van der Waals surface area contributed by atoms with Crippen LogP contribution in [0.3, 0.4) is 0 Å². The van der Waals surface area contributed by atoms with Gasteiger partial charge < -0.3 is 15.8 Å². The molecule has 0 aromatic rings. The Balaban J connectivity index is 2.09. The van der Waals surface area contributed by atoms with Crippen LogP contribution < -0.4 is 11.1 Å². The molecule has 0 heterocycles. The number of primary amides is 1. The van der Waals surface area contributed by atoms with E-state index in [1.54, 1.807) is 0 Å². The maximum atomic E-state index is 11.4. The first-order valence-electron chi connectivity index (χ1n) is 4.66. The molecule has 2 amide bonds. The Hall–Kier alpha value is -1.61. The van der Waals surface area contributed by atoms with Gasteiger partial charge in [-0.2, -0.15) is 5.26 Å². The van der Waals surface area contributed by atoms with Gasteiger partial charge in [0, 0.05) is 6.54 Å². The van der Waals surface area contributed by atoms with Crippen LogP contribution >= 0.6 is 0 Å². The molecule has 0 aliphatic heterocycles. The van der Waals surface area contributed by atoms with Gasteiger partial charge in [-0.3, -0.25) is 9.59 Å². The molecule has 0 unspecified atom stereocenters. The highest BCUT2D eigenvalue weighted by molar-refractivity contribution is 5.88. The molecule has 6 nitrogen and oxygen atoms in total. The topological polar surface area (TPSA) is 105 Å². The minimum atomic E-state index is -0.802. The van der Waals surface area contributed by atoms with E-state index in [-0.39, 0.29) is 25.7 Å². The third kappa shape index (κ3) is 3.22. The Labute approximate surface area is 87.4 Å². The minimum absolute atomic E-state index is 0.154. The zero-order valence-electron chi connectivity index (χ0n) is 8.28. The number of rotatable bonds is 6. The lowest BCUT2D eigenvalue weighted by Gasteiger charge is -2.07. The molecule has 0 radical (unpaired) electrons. The van der Waals surface area contributed by atoms with E-state index in [2.05, 4.69) is 5.32 Å². The van der Waals surface area contributed by atoms with Crippen molar-refractivity contribution in [1.29, 1.82) is 5.26 Å². The van der Waals surface area contributed by atoms with E-state index >= 15 is 0 Å². The van der Waals surface area contributed by atoms with Crippen LogP contribution in [0, 0.1) is 16.7 Å². The standard InChI is InChI=1S/C9H13N3O3/c10-6-9(1-2-9)8(14)12-3-4-15-5-7(11)13/h1-5H2,(H2,11,13)(H,12,14). The highest BCUT2D eigenvalue weighted by Gasteiger charge is 2.50. The summed E-state index contributed by atoms with van der Waals surface area (Å²) in [6, 6.07) is 1.98. The zero-order valence-corrected chi connectivity index (χ0v) is 8.28. The Morgan fingerprint density at radius 1 is 1.53 bits per heavy atom. The lowest BCUT2D eigenvalue weighted by Crippen LogP contribution is -2.34. The molecule has 1 aliphatic rings. The van der Waals surface area contributed by atoms with Gasteiger partial charge in [0.25, 0.3) is 0 Å². The summed E-state index contributed by atoms with van der Waals surface area (Å²) >= 11 is 0. The molecule has 0 aromatic carbocycles. The van der Waals surface area contributed by atoms with Crippen molar-refractivity contribution in [3.63, 3.8) is 0 Å². The molecular formula is C9H13N3O3. The fraction of sp³-hybridized carbons (Fsp3) is 0.667. The number of hydrogen-bond acceptors (Lipinski definition) is 4. The molecule has 1 aliphatic carbocycles. The normalized spacial score (nSPS) is 16.5. The lowest BCUT2D eigenvalue weighted by atomic mass is 10.1. The second-order valence-corrected chi connectivity index (χ2v) is 3.47. The Bertz CT molecular complexity index is 304. The van der Waals surface area contributed by atoms with Crippen LogP contribution in [-0.2, 0) is 14.3 Å². The van der Waals surface area contributed by atoms with Crippen LogP contribution in [0.25, 0.3) is 0 Å². The first-order chi connectivity index (χ1) is 7.10. The number of ether oxygens (including phenoxy) is 1. The molecule has 0 saturated heterocycles. The second-order valence-electron chi connectivity index (χ2n) is 3.47. The third-order valence-corrected chi connectivity index (χ3v) is 2.17. The van der Waals surface area contributed by atoms with Gasteiger partial charge in [0.05, 0.1) is 12.7 Å². The predicted octanol–water partition coefficient (Wildman–Crippen LogP) is -1.09. The number of hydrogen-bond donors (Lipinski definition) is 2. The highest BCUT2D eigenvalue weighted by Crippen LogP contribution is 2.44. The lowest BCUT2D eigenvalue weighted by molar-refractivity contribution is -0.124. The third-order valence-electron chi connectivity index (χ3n) is 2.17. The molecule has 1 saturated carbocycles. The van der Waals surface area contributed by atoms with Gasteiger partial charge in [-0.15, -0.1) is 0 Å². The summed E-state index contributed by atoms with van der Waals surface area (Å²) in [5.74, 6) is -0.801. The molecule has 82 valence electrons. The maximum absolute atomic E-state index is 11.4. The van der Waals surface area contributed by atoms with E-state index in [0.717, 1.165) is 0 Å². The number of nitrogens with two attached hydrogens (primary N) is 1. The molecular weight excluding hydrogens is 198 g/mol. The van der Waals surface area contributed by atoms with Crippen LogP contribution in [-0.4, -0.2) is 31.6 Å². The van der Waals surface area contributed by atoms with Crippen molar-refractivity contribution in [2.24, 2.45) is 11.1 Å². The van der Waals surface area contributed by atoms with E-state index in [4.69, 9.17) is 15.7 Å². The van der Waals surface area contributed by atoms with Gasteiger partial charge in [0.1, 0.15) is 12.0 Å². The summed E-state index contributed by atoms with van der Waals surface area (Å²) < 4.78 is 4.84. The van der Waals surface area contributed by atoms with Crippen LogP contribution in [0.5, 0.6) is 0 Å².